The molecule has 11 heavy (non-hydrogen) atoms. The minimum atomic E-state index is -2.80. The first-order valence-corrected chi connectivity index (χ1v) is 5.14. The fourth-order valence-corrected chi connectivity index (χ4v) is 2.66. The zero-order valence-corrected chi connectivity index (χ0v) is 8.36. The maximum Gasteiger partial charge on any atom is 0.177 e. The summed E-state index contributed by atoms with van der Waals surface area (Å²) in [6, 6.07) is 0.269. The van der Waals surface area contributed by atoms with Crippen molar-refractivity contribution in [2.45, 2.75) is 6.04 Å². The molecular weight excluding hydrogens is 230 g/mol. The maximum absolute atomic E-state index is 10.9. The van der Waals surface area contributed by atoms with Crippen LogP contribution in [0, 0.1) is 0 Å². The van der Waals surface area contributed by atoms with Crippen molar-refractivity contribution in [1.29, 1.82) is 0 Å². The Kier molecular flexibility index (Phi) is 2.41. The fourth-order valence-electron chi connectivity index (χ4n) is 1.27. The highest BCUT2D eigenvalue weighted by Gasteiger charge is 2.37. The molecule has 64 valence electrons. The molecule has 0 aromatic heterocycles. The van der Waals surface area contributed by atoms with Gasteiger partial charge in [0.05, 0.1) is 0 Å². The molecule has 1 N–H and O–H groups in total. The quantitative estimate of drug-likeness (QED) is 0.467. The Labute approximate surface area is 76.8 Å². The number of halogens is 1. The molecule has 1 saturated heterocycles. The molecule has 0 radical (unpaired) electrons. The summed E-state index contributed by atoms with van der Waals surface area (Å²) in [6.45, 7) is 2.29. The van der Waals surface area contributed by atoms with Gasteiger partial charge in [-0.05, 0) is 6.08 Å². The molecule has 0 aromatic rings. The van der Waals surface area contributed by atoms with Gasteiger partial charge in [0, 0.05) is 5.41 Å². The SMILES string of the molecule is O=S1(=O)C=CC([NH+]2CC2)C1.[Br-]. The van der Waals surface area contributed by atoms with Crippen molar-refractivity contribution in [3.63, 3.8) is 0 Å². The summed E-state index contributed by atoms with van der Waals surface area (Å²) in [7, 11) is -2.80. The van der Waals surface area contributed by atoms with Crippen LogP contribution in [0.4, 0.5) is 0 Å². The molecule has 0 spiro atoms. The number of sulfone groups is 1. The van der Waals surface area contributed by atoms with Crippen LogP contribution in [0.3, 0.4) is 0 Å². The molecule has 5 heteroatoms. The first kappa shape index (κ1) is 9.22. The first-order valence-electron chi connectivity index (χ1n) is 3.43. The Morgan fingerprint density at radius 2 is 2.00 bits per heavy atom. The van der Waals surface area contributed by atoms with E-state index in [4.69, 9.17) is 0 Å². The Balaban J connectivity index is 0.000000605. The zero-order valence-electron chi connectivity index (χ0n) is 5.96. The summed E-state index contributed by atoms with van der Waals surface area (Å²) in [6.07, 6.45) is 1.82. The van der Waals surface area contributed by atoms with Gasteiger partial charge in [0.2, 0.25) is 0 Å². The summed E-state index contributed by atoms with van der Waals surface area (Å²) in [5.74, 6) is 0.336. The molecule has 0 aliphatic carbocycles. The summed E-state index contributed by atoms with van der Waals surface area (Å²) in [5, 5.41) is 1.35. The molecule has 2 aliphatic heterocycles. The smallest absolute Gasteiger partial charge is 0.177 e. The first-order chi connectivity index (χ1) is 4.67. The lowest BCUT2D eigenvalue weighted by Gasteiger charge is -2.00. The second-order valence-corrected chi connectivity index (χ2v) is 4.85. The summed E-state index contributed by atoms with van der Waals surface area (Å²) < 4.78 is 21.7. The lowest BCUT2D eigenvalue weighted by molar-refractivity contribution is -0.777. The largest absolute Gasteiger partial charge is 1.00 e. The predicted octanol–water partition coefficient (Wildman–Crippen LogP) is -4.80. The van der Waals surface area contributed by atoms with Crippen LogP contribution in [0.25, 0.3) is 0 Å². The Morgan fingerprint density at radius 3 is 2.36 bits per heavy atom. The van der Waals surface area contributed by atoms with Gasteiger partial charge in [-0.25, -0.2) is 8.42 Å². The maximum atomic E-state index is 10.9. The highest BCUT2D eigenvalue weighted by atomic mass is 79.9. The minimum absolute atomic E-state index is 0. The summed E-state index contributed by atoms with van der Waals surface area (Å²) in [5.41, 5.74) is 0. The van der Waals surface area contributed by atoms with E-state index in [0.29, 0.717) is 5.75 Å². The molecular formula is C6H10BrNO2S. The van der Waals surface area contributed by atoms with Gasteiger partial charge in [0.1, 0.15) is 24.9 Å². The molecule has 1 unspecified atom stereocenters. The van der Waals surface area contributed by atoms with E-state index in [1.807, 2.05) is 6.08 Å². The third kappa shape index (κ3) is 2.04. The highest BCUT2D eigenvalue weighted by Crippen LogP contribution is 2.06. The molecule has 1 atom stereocenters. The third-order valence-electron chi connectivity index (χ3n) is 1.99. The van der Waals surface area contributed by atoms with Gasteiger partial charge in [-0.3, -0.25) is 0 Å². The Bertz CT molecular complexity index is 268. The number of hydrogen-bond acceptors (Lipinski definition) is 2. The number of quaternary nitrogens is 1. The van der Waals surface area contributed by atoms with Crippen molar-refractivity contribution >= 4 is 9.84 Å². The van der Waals surface area contributed by atoms with Gasteiger partial charge in [0.15, 0.2) is 9.84 Å². The Hall–Kier alpha value is 0.130. The molecule has 0 amide bonds. The monoisotopic (exact) mass is 239 g/mol. The number of rotatable bonds is 1. The highest BCUT2D eigenvalue weighted by molar-refractivity contribution is 7.94. The van der Waals surface area contributed by atoms with Crippen LogP contribution in [0.1, 0.15) is 0 Å². The number of hydrogen-bond donors (Lipinski definition) is 1. The van der Waals surface area contributed by atoms with E-state index in [2.05, 4.69) is 0 Å². The lowest BCUT2D eigenvalue weighted by Crippen LogP contribution is -3.00. The van der Waals surface area contributed by atoms with Crippen molar-refractivity contribution in [2.75, 3.05) is 18.8 Å². The molecule has 2 heterocycles. The van der Waals surface area contributed by atoms with Gasteiger partial charge in [0.25, 0.3) is 0 Å². The van der Waals surface area contributed by atoms with E-state index in [1.54, 1.807) is 0 Å². The van der Waals surface area contributed by atoms with Gasteiger partial charge in [-0.1, -0.05) is 0 Å². The Morgan fingerprint density at radius 1 is 1.36 bits per heavy atom. The molecule has 0 aromatic carbocycles. The van der Waals surface area contributed by atoms with Crippen molar-refractivity contribution in [1.82, 2.24) is 0 Å². The van der Waals surface area contributed by atoms with Crippen LogP contribution in [0.5, 0.6) is 0 Å². The average molecular weight is 240 g/mol. The third-order valence-corrected chi connectivity index (χ3v) is 3.39. The van der Waals surface area contributed by atoms with E-state index >= 15 is 0 Å². The average Bonchev–Trinajstić information content (AvgIpc) is 2.59. The molecule has 2 aliphatic rings. The van der Waals surface area contributed by atoms with Crippen LogP contribution < -0.4 is 21.9 Å². The van der Waals surface area contributed by atoms with E-state index in [1.165, 1.54) is 10.3 Å². The van der Waals surface area contributed by atoms with Crippen LogP contribution in [0.2, 0.25) is 0 Å². The lowest BCUT2D eigenvalue weighted by atomic mass is 10.3. The van der Waals surface area contributed by atoms with Gasteiger partial charge in [-0.15, -0.1) is 0 Å². The molecule has 0 saturated carbocycles. The van der Waals surface area contributed by atoms with Crippen LogP contribution in [-0.4, -0.2) is 33.3 Å². The fraction of sp³-hybridized carbons (Fsp3) is 0.667. The minimum Gasteiger partial charge on any atom is -1.00 e. The van der Waals surface area contributed by atoms with Crippen molar-refractivity contribution < 1.29 is 30.3 Å². The standard InChI is InChI=1S/C6H9NO2S.BrH/c8-10(9)4-1-6(5-10)7-2-3-7;/h1,4,6H,2-3,5H2;1H. The second-order valence-electron chi connectivity index (χ2n) is 2.92. The summed E-state index contributed by atoms with van der Waals surface area (Å²) in [4.78, 5) is 1.41. The summed E-state index contributed by atoms with van der Waals surface area (Å²) >= 11 is 0. The number of nitrogens with one attached hydrogen (secondary N) is 1. The van der Waals surface area contributed by atoms with Crippen LogP contribution in [0.15, 0.2) is 11.5 Å². The van der Waals surface area contributed by atoms with Gasteiger partial charge >= 0.3 is 0 Å². The normalized spacial score (nSPS) is 33.3. The molecule has 1 fully saturated rings. The van der Waals surface area contributed by atoms with Crippen LogP contribution in [-0.2, 0) is 9.84 Å². The predicted molar refractivity (Wildman–Crippen MR) is 37.4 cm³/mol. The topological polar surface area (TPSA) is 38.6 Å². The second kappa shape index (κ2) is 2.88. The van der Waals surface area contributed by atoms with Crippen molar-refractivity contribution in [2.24, 2.45) is 0 Å². The van der Waals surface area contributed by atoms with E-state index < -0.39 is 9.84 Å². The van der Waals surface area contributed by atoms with Crippen molar-refractivity contribution in [3.05, 3.63) is 11.5 Å². The van der Waals surface area contributed by atoms with E-state index in [-0.39, 0.29) is 23.0 Å². The van der Waals surface area contributed by atoms with Gasteiger partial charge in [-0.2, -0.15) is 0 Å². The van der Waals surface area contributed by atoms with Crippen LogP contribution >= 0.6 is 0 Å². The van der Waals surface area contributed by atoms with E-state index in [0.717, 1.165) is 13.1 Å². The van der Waals surface area contributed by atoms with E-state index in [9.17, 15) is 8.42 Å². The zero-order chi connectivity index (χ0) is 7.19. The molecule has 3 nitrogen and oxygen atoms in total. The molecule has 0 bridgehead atoms. The van der Waals surface area contributed by atoms with Crippen molar-refractivity contribution in [3.8, 4) is 0 Å². The van der Waals surface area contributed by atoms with Gasteiger partial charge < -0.3 is 21.9 Å². The molecule has 2 rings (SSSR count).